The molecular weight excluding hydrogens is 186 g/mol. The molecule has 0 aromatic carbocycles. The van der Waals surface area contributed by atoms with Crippen molar-refractivity contribution in [3.05, 3.63) is 33.8 Å². The molecule has 70 valence electrons. The fraction of sp³-hybridized carbons (Fsp3) is 0.500. The third kappa shape index (κ3) is 1.39. The van der Waals surface area contributed by atoms with Gasteiger partial charge in [-0.15, -0.1) is 0 Å². The summed E-state index contributed by atoms with van der Waals surface area (Å²) in [5.41, 5.74) is 1.93. The lowest BCUT2D eigenvalue weighted by Gasteiger charge is -2.21. The van der Waals surface area contributed by atoms with Crippen molar-refractivity contribution >= 4 is 11.6 Å². The summed E-state index contributed by atoms with van der Waals surface area (Å²) in [6.45, 7) is 2.13. The average Bonchev–Trinajstić information content (AvgIpc) is 2.12. The van der Waals surface area contributed by atoms with Crippen LogP contribution in [0.25, 0.3) is 0 Å². The van der Waals surface area contributed by atoms with Gasteiger partial charge in [-0.1, -0.05) is 18.5 Å². The summed E-state index contributed by atoms with van der Waals surface area (Å²) in [5, 5.41) is 12.2. The summed E-state index contributed by atoms with van der Waals surface area (Å²) in [5.74, 6) is 0.428. The highest BCUT2D eigenvalue weighted by Crippen LogP contribution is 2.33. The molecule has 0 radical (unpaired) electrons. The van der Waals surface area contributed by atoms with E-state index in [2.05, 4.69) is 6.92 Å². The van der Waals surface area contributed by atoms with Crippen LogP contribution in [0.5, 0.6) is 0 Å². The van der Waals surface area contributed by atoms with Crippen LogP contribution in [-0.4, -0.2) is 0 Å². The van der Waals surface area contributed by atoms with Gasteiger partial charge in [-0.25, -0.2) is 0 Å². The van der Waals surface area contributed by atoms with Crippen molar-refractivity contribution < 1.29 is 4.73 Å². The fourth-order valence-electron chi connectivity index (χ4n) is 2.05. The molecular formula is C10H12ClNO. The van der Waals surface area contributed by atoms with Crippen LogP contribution in [-0.2, 0) is 6.42 Å². The molecule has 1 aromatic heterocycles. The van der Waals surface area contributed by atoms with E-state index in [0.29, 0.717) is 5.92 Å². The molecule has 0 N–H and O–H groups in total. The minimum Gasteiger partial charge on any atom is -0.618 e. The number of fused-ring (bicyclic) bond motifs is 1. The summed E-state index contributed by atoms with van der Waals surface area (Å²) in [4.78, 5) is 0. The number of aromatic nitrogens is 1. The molecule has 1 atom stereocenters. The number of rotatable bonds is 0. The van der Waals surface area contributed by atoms with E-state index in [-0.39, 0.29) is 0 Å². The Hall–Kier alpha value is -0.760. The van der Waals surface area contributed by atoms with E-state index in [1.165, 1.54) is 6.20 Å². The van der Waals surface area contributed by atoms with Gasteiger partial charge in [0, 0.05) is 18.1 Å². The Balaban J connectivity index is 2.60. The lowest BCUT2D eigenvalue weighted by atomic mass is 9.87. The van der Waals surface area contributed by atoms with Gasteiger partial charge in [-0.3, -0.25) is 0 Å². The van der Waals surface area contributed by atoms with E-state index >= 15 is 0 Å². The second-order valence-corrected chi connectivity index (χ2v) is 4.05. The first kappa shape index (κ1) is 8.82. The first-order valence-electron chi connectivity index (χ1n) is 4.60. The molecule has 0 bridgehead atoms. The third-order valence-electron chi connectivity index (χ3n) is 2.73. The third-order valence-corrected chi connectivity index (χ3v) is 3.06. The van der Waals surface area contributed by atoms with E-state index < -0.39 is 0 Å². The lowest BCUT2D eigenvalue weighted by molar-refractivity contribution is -0.615. The smallest absolute Gasteiger partial charge is 0.197 e. The van der Waals surface area contributed by atoms with Crippen molar-refractivity contribution in [2.75, 3.05) is 0 Å². The molecule has 0 spiro atoms. The molecule has 1 aliphatic rings. The average molecular weight is 198 g/mol. The van der Waals surface area contributed by atoms with Crippen LogP contribution in [0.4, 0.5) is 0 Å². The van der Waals surface area contributed by atoms with Gasteiger partial charge in [0.15, 0.2) is 11.9 Å². The first-order valence-corrected chi connectivity index (χ1v) is 4.98. The van der Waals surface area contributed by atoms with Gasteiger partial charge in [0.1, 0.15) is 0 Å². The molecule has 2 nitrogen and oxygen atoms in total. The minimum atomic E-state index is 0.428. The number of halogens is 1. The largest absolute Gasteiger partial charge is 0.618 e. The van der Waals surface area contributed by atoms with Crippen molar-refractivity contribution in [3.8, 4) is 0 Å². The molecule has 1 aliphatic carbocycles. The van der Waals surface area contributed by atoms with E-state index in [0.717, 1.165) is 40.3 Å². The molecule has 1 heterocycles. The zero-order valence-electron chi connectivity index (χ0n) is 7.59. The standard InChI is InChI=1S/C10H12ClNO/c1-7-3-2-4-9-10(7)8(11)5-6-12(9)13/h5-7H,2-4H2,1H3/t7-/m1/s1. The number of hydrogen-bond acceptors (Lipinski definition) is 1. The summed E-state index contributed by atoms with van der Waals surface area (Å²) in [6, 6.07) is 1.69. The van der Waals surface area contributed by atoms with E-state index in [9.17, 15) is 5.21 Å². The maximum Gasteiger partial charge on any atom is 0.197 e. The number of nitrogens with zero attached hydrogens (tertiary/aromatic N) is 1. The topological polar surface area (TPSA) is 26.9 Å². The molecule has 0 amide bonds. The monoisotopic (exact) mass is 197 g/mol. The molecule has 1 aromatic rings. The highest BCUT2D eigenvalue weighted by molar-refractivity contribution is 6.31. The summed E-state index contributed by atoms with van der Waals surface area (Å²) in [6.07, 6.45) is 4.59. The van der Waals surface area contributed by atoms with Gasteiger partial charge in [-0.05, 0) is 18.8 Å². The van der Waals surface area contributed by atoms with Crippen LogP contribution in [0.2, 0.25) is 5.02 Å². The molecule has 0 fully saturated rings. The van der Waals surface area contributed by atoms with Crippen LogP contribution < -0.4 is 4.73 Å². The molecule has 0 unspecified atom stereocenters. The maximum absolute atomic E-state index is 11.4. The van der Waals surface area contributed by atoms with Gasteiger partial charge in [0.05, 0.1) is 5.02 Å². The van der Waals surface area contributed by atoms with Crippen molar-refractivity contribution in [1.29, 1.82) is 0 Å². The van der Waals surface area contributed by atoms with E-state index in [1.54, 1.807) is 6.07 Å². The van der Waals surface area contributed by atoms with Gasteiger partial charge >= 0.3 is 0 Å². The Kier molecular flexibility index (Phi) is 2.16. The van der Waals surface area contributed by atoms with Crippen LogP contribution in [0, 0.1) is 5.21 Å². The Morgan fingerprint density at radius 1 is 1.62 bits per heavy atom. The van der Waals surface area contributed by atoms with Crippen molar-refractivity contribution in [2.45, 2.75) is 32.1 Å². The van der Waals surface area contributed by atoms with Crippen LogP contribution in [0.15, 0.2) is 12.3 Å². The van der Waals surface area contributed by atoms with Crippen LogP contribution in [0.3, 0.4) is 0 Å². The quantitative estimate of drug-likeness (QED) is 0.464. The maximum atomic E-state index is 11.4. The first-order chi connectivity index (χ1) is 6.20. The van der Waals surface area contributed by atoms with Gasteiger partial charge in [-0.2, -0.15) is 4.73 Å². The Morgan fingerprint density at radius 2 is 2.38 bits per heavy atom. The highest BCUT2D eigenvalue weighted by atomic mass is 35.5. The fourth-order valence-corrected chi connectivity index (χ4v) is 2.41. The molecule has 3 heteroatoms. The van der Waals surface area contributed by atoms with Gasteiger partial charge in [0.25, 0.3) is 0 Å². The Labute approximate surface area is 82.7 Å². The second kappa shape index (κ2) is 3.18. The van der Waals surface area contributed by atoms with E-state index in [4.69, 9.17) is 11.6 Å². The van der Waals surface area contributed by atoms with E-state index in [1.807, 2.05) is 0 Å². The zero-order chi connectivity index (χ0) is 9.42. The zero-order valence-corrected chi connectivity index (χ0v) is 8.34. The molecule has 13 heavy (non-hydrogen) atoms. The summed E-state index contributed by atoms with van der Waals surface area (Å²) >= 11 is 6.06. The van der Waals surface area contributed by atoms with Crippen molar-refractivity contribution in [3.63, 3.8) is 0 Å². The van der Waals surface area contributed by atoms with Crippen LogP contribution in [0.1, 0.15) is 36.9 Å². The molecule has 0 aliphatic heterocycles. The molecule has 2 rings (SSSR count). The number of pyridine rings is 1. The predicted molar refractivity (Wildman–Crippen MR) is 51.8 cm³/mol. The van der Waals surface area contributed by atoms with Gasteiger partial charge in [0.2, 0.25) is 0 Å². The van der Waals surface area contributed by atoms with Crippen molar-refractivity contribution in [2.24, 2.45) is 0 Å². The SMILES string of the molecule is C[C@@H]1CCCc2c1c(Cl)cc[n+]2[O-]. The number of hydrogen-bond donors (Lipinski definition) is 0. The molecule has 0 saturated carbocycles. The second-order valence-electron chi connectivity index (χ2n) is 3.64. The summed E-state index contributed by atoms with van der Waals surface area (Å²) < 4.78 is 0.955. The normalized spacial score (nSPS) is 21.2. The van der Waals surface area contributed by atoms with Gasteiger partial charge < -0.3 is 5.21 Å². The lowest BCUT2D eigenvalue weighted by Crippen LogP contribution is -2.34. The molecule has 0 saturated heterocycles. The minimum absolute atomic E-state index is 0.428. The van der Waals surface area contributed by atoms with Crippen molar-refractivity contribution in [1.82, 2.24) is 0 Å². The Morgan fingerprint density at radius 3 is 3.08 bits per heavy atom. The predicted octanol–water partition coefficient (Wildman–Crippen LogP) is 2.41. The highest BCUT2D eigenvalue weighted by Gasteiger charge is 2.25. The summed E-state index contributed by atoms with van der Waals surface area (Å²) in [7, 11) is 0. The Bertz CT molecular complexity index is 338. The van der Waals surface area contributed by atoms with Crippen LogP contribution >= 0.6 is 11.6 Å².